The van der Waals surface area contributed by atoms with Crippen molar-refractivity contribution in [3.63, 3.8) is 0 Å². The van der Waals surface area contributed by atoms with E-state index in [0.29, 0.717) is 6.42 Å². The normalized spacial score (nSPS) is 39.7. The van der Waals surface area contributed by atoms with E-state index >= 15 is 0 Å². The highest BCUT2D eigenvalue weighted by Crippen LogP contribution is 2.24. The fourth-order valence-electron chi connectivity index (χ4n) is 3.26. The Balaban J connectivity index is 1.51. The fraction of sp³-hybridized carbons (Fsp3) is 0.684. The lowest BCUT2D eigenvalue weighted by atomic mass is 9.99. The van der Waals surface area contributed by atoms with Gasteiger partial charge in [0, 0.05) is 0 Å². The van der Waals surface area contributed by atoms with Crippen molar-refractivity contribution < 1.29 is 54.7 Å². The van der Waals surface area contributed by atoms with Crippen LogP contribution in [0.25, 0.3) is 0 Å². The van der Waals surface area contributed by atoms with Gasteiger partial charge >= 0.3 is 0 Å². The van der Waals surface area contributed by atoms with Crippen molar-refractivity contribution in [2.75, 3.05) is 19.8 Å². The summed E-state index contributed by atoms with van der Waals surface area (Å²) < 4.78 is 21.5. The van der Waals surface area contributed by atoms with Crippen molar-refractivity contribution in [1.82, 2.24) is 0 Å². The maximum atomic E-state index is 10.2. The number of hydrogen-bond donors (Lipinski definition) is 7. The van der Waals surface area contributed by atoms with Crippen LogP contribution in [0, 0.1) is 0 Å². The van der Waals surface area contributed by atoms with Crippen LogP contribution in [0.2, 0.25) is 0 Å². The molecule has 9 unspecified atom stereocenters. The van der Waals surface area contributed by atoms with Gasteiger partial charge in [-0.05, 0) is 24.1 Å². The molecule has 1 aromatic carbocycles. The van der Waals surface area contributed by atoms with Crippen molar-refractivity contribution in [2.24, 2.45) is 0 Å². The molecule has 30 heavy (non-hydrogen) atoms. The van der Waals surface area contributed by atoms with Crippen LogP contribution in [-0.4, -0.2) is 111 Å². The van der Waals surface area contributed by atoms with E-state index in [2.05, 4.69) is 0 Å². The highest BCUT2D eigenvalue weighted by Gasteiger charge is 2.45. The van der Waals surface area contributed by atoms with Gasteiger partial charge in [0.1, 0.15) is 48.5 Å². The lowest BCUT2D eigenvalue weighted by Gasteiger charge is -2.41. The summed E-state index contributed by atoms with van der Waals surface area (Å²) in [6.45, 7) is -0.452. The van der Waals surface area contributed by atoms with Crippen LogP contribution < -0.4 is 0 Å². The molecule has 0 saturated carbocycles. The van der Waals surface area contributed by atoms with Crippen LogP contribution >= 0.6 is 0 Å². The highest BCUT2D eigenvalue weighted by atomic mass is 16.7. The summed E-state index contributed by atoms with van der Waals surface area (Å²) in [7, 11) is 0. The van der Waals surface area contributed by atoms with Gasteiger partial charge in [0.15, 0.2) is 12.6 Å². The molecule has 2 aliphatic rings. The molecule has 7 N–H and O–H groups in total. The molecule has 3 rings (SSSR count). The molecule has 2 saturated heterocycles. The van der Waals surface area contributed by atoms with E-state index in [-0.39, 0.29) is 25.6 Å². The second-order valence-electron chi connectivity index (χ2n) is 7.39. The maximum absolute atomic E-state index is 10.2. The zero-order valence-corrected chi connectivity index (χ0v) is 16.1. The summed E-state index contributed by atoms with van der Waals surface area (Å²) in [6.07, 6.45) is -11.9. The molecule has 0 aromatic heterocycles. The number of rotatable bonds is 7. The molecule has 1 aromatic rings. The summed E-state index contributed by atoms with van der Waals surface area (Å²) in [4.78, 5) is 0. The molecule has 2 heterocycles. The molecule has 2 aliphatic heterocycles. The van der Waals surface area contributed by atoms with Gasteiger partial charge < -0.3 is 54.7 Å². The van der Waals surface area contributed by atoms with E-state index in [1.165, 1.54) is 12.1 Å². The van der Waals surface area contributed by atoms with Crippen LogP contribution in [-0.2, 0) is 25.4 Å². The molecular formula is C19H28O11. The van der Waals surface area contributed by atoms with E-state index in [1.54, 1.807) is 12.1 Å². The highest BCUT2D eigenvalue weighted by molar-refractivity contribution is 5.25. The number of benzene rings is 1. The third-order valence-corrected chi connectivity index (χ3v) is 5.16. The Morgan fingerprint density at radius 1 is 0.800 bits per heavy atom. The van der Waals surface area contributed by atoms with E-state index in [9.17, 15) is 35.7 Å². The summed E-state index contributed by atoms with van der Waals surface area (Å²) in [5.74, 6) is 0.139. The lowest BCUT2D eigenvalue weighted by molar-refractivity contribution is -0.320. The van der Waals surface area contributed by atoms with Crippen molar-refractivity contribution in [1.29, 1.82) is 0 Å². The smallest absolute Gasteiger partial charge is 0.186 e. The Morgan fingerprint density at radius 3 is 2.17 bits per heavy atom. The zero-order valence-electron chi connectivity index (χ0n) is 16.1. The third-order valence-electron chi connectivity index (χ3n) is 5.16. The summed E-state index contributed by atoms with van der Waals surface area (Å²) in [5.41, 5.74) is 0.878. The van der Waals surface area contributed by atoms with Gasteiger partial charge in [-0.15, -0.1) is 0 Å². The number of phenolic OH excluding ortho intramolecular Hbond substituents is 1. The fourth-order valence-corrected chi connectivity index (χ4v) is 3.26. The van der Waals surface area contributed by atoms with Crippen LogP contribution in [0.5, 0.6) is 5.75 Å². The minimum absolute atomic E-state index is 0.136. The average molecular weight is 432 g/mol. The van der Waals surface area contributed by atoms with E-state index < -0.39 is 55.3 Å². The summed E-state index contributed by atoms with van der Waals surface area (Å²) >= 11 is 0. The molecule has 11 heteroatoms. The number of aromatic hydroxyl groups is 1. The number of ether oxygens (including phenoxy) is 4. The topological polar surface area (TPSA) is 179 Å². The molecule has 0 radical (unpaired) electrons. The molecule has 9 atom stereocenters. The van der Waals surface area contributed by atoms with Crippen molar-refractivity contribution in [3.05, 3.63) is 29.8 Å². The minimum atomic E-state index is -1.56. The minimum Gasteiger partial charge on any atom is -0.508 e. The number of aliphatic hydroxyl groups is 6. The molecule has 170 valence electrons. The van der Waals surface area contributed by atoms with Crippen molar-refractivity contribution >= 4 is 0 Å². The first-order valence-corrected chi connectivity index (χ1v) is 9.64. The summed E-state index contributed by atoms with van der Waals surface area (Å²) in [6, 6.07) is 6.50. The quantitative estimate of drug-likeness (QED) is 0.237. The van der Waals surface area contributed by atoms with Crippen LogP contribution in [0.15, 0.2) is 24.3 Å². The Kier molecular flexibility index (Phi) is 7.98. The van der Waals surface area contributed by atoms with Crippen molar-refractivity contribution in [3.8, 4) is 5.75 Å². The van der Waals surface area contributed by atoms with E-state index in [4.69, 9.17) is 18.9 Å². The van der Waals surface area contributed by atoms with Crippen LogP contribution in [0.4, 0.5) is 0 Å². The molecular weight excluding hydrogens is 404 g/mol. The first-order valence-electron chi connectivity index (χ1n) is 9.64. The molecule has 0 aliphatic carbocycles. The molecule has 11 nitrogen and oxygen atoms in total. The standard InChI is InChI=1S/C19H28O11/c20-10-3-1-9(2-4-10)5-6-27-19-17(26)15(24)14(23)12(30-19)8-29-18-16(25)13(22)11(21)7-28-18/h1-4,11-26H,5-8H2. The van der Waals surface area contributed by atoms with Crippen molar-refractivity contribution in [2.45, 2.75) is 61.7 Å². The lowest BCUT2D eigenvalue weighted by Crippen LogP contribution is -2.60. The Hall–Kier alpha value is -1.38. The van der Waals surface area contributed by atoms with Gasteiger partial charge in [-0.1, -0.05) is 12.1 Å². The second kappa shape index (κ2) is 10.3. The van der Waals surface area contributed by atoms with Gasteiger partial charge in [0.25, 0.3) is 0 Å². The molecule has 0 spiro atoms. The van der Waals surface area contributed by atoms with Crippen LogP contribution in [0.3, 0.4) is 0 Å². The molecule has 0 amide bonds. The summed E-state index contributed by atoms with van der Waals surface area (Å²) in [5, 5.41) is 68.7. The van der Waals surface area contributed by atoms with Gasteiger partial charge in [-0.25, -0.2) is 0 Å². The first kappa shape index (κ1) is 23.3. The Morgan fingerprint density at radius 2 is 1.47 bits per heavy atom. The van der Waals surface area contributed by atoms with Gasteiger partial charge in [-0.3, -0.25) is 0 Å². The Bertz CT molecular complexity index is 656. The predicted octanol–water partition coefficient (Wildman–Crippen LogP) is -2.79. The number of aliphatic hydroxyl groups excluding tert-OH is 6. The third kappa shape index (κ3) is 5.45. The Labute approximate surface area is 172 Å². The SMILES string of the molecule is Oc1ccc(CCOC2OC(COC3OCC(O)C(O)C3O)C(O)C(O)C2O)cc1. The number of hydrogen-bond acceptors (Lipinski definition) is 11. The predicted molar refractivity (Wildman–Crippen MR) is 98.2 cm³/mol. The second-order valence-corrected chi connectivity index (χ2v) is 7.39. The first-order chi connectivity index (χ1) is 14.3. The average Bonchev–Trinajstić information content (AvgIpc) is 2.73. The number of phenols is 1. The largest absolute Gasteiger partial charge is 0.508 e. The maximum Gasteiger partial charge on any atom is 0.186 e. The van der Waals surface area contributed by atoms with Crippen LogP contribution in [0.1, 0.15) is 5.56 Å². The van der Waals surface area contributed by atoms with E-state index in [0.717, 1.165) is 5.56 Å². The molecule has 2 fully saturated rings. The van der Waals surface area contributed by atoms with E-state index in [1.807, 2.05) is 0 Å². The monoisotopic (exact) mass is 432 g/mol. The zero-order chi connectivity index (χ0) is 21.8. The van der Waals surface area contributed by atoms with Gasteiger partial charge in [-0.2, -0.15) is 0 Å². The van der Waals surface area contributed by atoms with Gasteiger partial charge in [0.05, 0.1) is 19.8 Å². The van der Waals surface area contributed by atoms with Gasteiger partial charge in [0.2, 0.25) is 0 Å². The molecule has 0 bridgehead atoms.